The lowest BCUT2D eigenvalue weighted by atomic mass is 9.91. The van der Waals surface area contributed by atoms with Gasteiger partial charge >= 0.3 is 0 Å². The predicted octanol–water partition coefficient (Wildman–Crippen LogP) is 2.63. The highest BCUT2D eigenvalue weighted by Gasteiger charge is 2.26. The van der Waals surface area contributed by atoms with Crippen molar-refractivity contribution in [1.29, 1.82) is 0 Å². The summed E-state index contributed by atoms with van der Waals surface area (Å²) < 4.78 is 15.2. The van der Waals surface area contributed by atoms with Crippen molar-refractivity contribution in [2.24, 2.45) is 0 Å². The molecule has 11 heteroatoms. The molecule has 194 valence electrons. The van der Waals surface area contributed by atoms with Gasteiger partial charge in [0, 0.05) is 29.8 Å². The zero-order valence-corrected chi connectivity index (χ0v) is 21.0. The average Bonchev–Trinajstić information content (AvgIpc) is 3.41. The molecule has 3 aromatic rings. The molecule has 0 bridgehead atoms. The Kier molecular flexibility index (Phi) is 7.13. The summed E-state index contributed by atoms with van der Waals surface area (Å²) in [6.07, 6.45) is 8.10. The number of rotatable bonds is 8. The van der Waals surface area contributed by atoms with Gasteiger partial charge in [-0.15, -0.1) is 0 Å². The van der Waals surface area contributed by atoms with Crippen molar-refractivity contribution in [2.45, 2.75) is 50.6 Å². The van der Waals surface area contributed by atoms with Gasteiger partial charge in [-0.3, -0.25) is 14.9 Å². The van der Waals surface area contributed by atoms with Gasteiger partial charge in [0.2, 0.25) is 17.8 Å². The van der Waals surface area contributed by atoms with E-state index in [9.17, 15) is 14.0 Å². The first-order chi connectivity index (χ1) is 17.9. The van der Waals surface area contributed by atoms with Crippen LogP contribution in [0.1, 0.15) is 43.2 Å². The van der Waals surface area contributed by atoms with Crippen LogP contribution in [0.4, 0.5) is 16.3 Å². The minimum Gasteiger partial charge on any atom is -0.354 e. The Morgan fingerprint density at radius 2 is 2.00 bits per heavy atom. The molecule has 1 saturated carbocycles. The van der Waals surface area contributed by atoms with Crippen molar-refractivity contribution in [1.82, 2.24) is 29.8 Å². The van der Waals surface area contributed by atoms with Crippen LogP contribution in [0.25, 0.3) is 11.7 Å². The summed E-state index contributed by atoms with van der Waals surface area (Å²) in [7, 11) is 4.23. The summed E-state index contributed by atoms with van der Waals surface area (Å²) in [5.41, 5.74) is 2.38. The highest BCUT2D eigenvalue weighted by Crippen LogP contribution is 2.25. The number of benzene rings is 1. The van der Waals surface area contributed by atoms with Gasteiger partial charge in [-0.25, -0.2) is 4.39 Å². The molecule has 1 aliphatic heterocycles. The molecule has 37 heavy (non-hydrogen) atoms. The van der Waals surface area contributed by atoms with Gasteiger partial charge in [0.15, 0.2) is 5.65 Å². The Morgan fingerprint density at radius 3 is 2.70 bits per heavy atom. The molecule has 10 nitrogen and oxygen atoms in total. The molecule has 3 N–H and O–H groups in total. The summed E-state index contributed by atoms with van der Waals surface area (Å²) >= 11 is 0. The molecular formula is C26H31FN8O2. The zero-order valence-electron chi connectivity index (χ0n) is 21.0. The maximum Gasteiger partial charge on any atom is 0.254 e. The maximum absolute atomic E-state index is 13.6. The fourth-order valence-electron chi connectivity index (χ4n) is 4.91. The van der Waals surface area contributed by atoms with Gasteiger partial charge in [0.25, 0.3) is 5.91 Å². The monoisotopic (exact) mass is 506 g/mol. The van der Waals surface area contributed by atoms with E-state index in [4.69, 9.17) is 9.97 Å². The van der Waals surface area contributed by atoms with Crippen molar-refractivity contribution < 1.29 is 14.0 Å². The molecule has 5 rings (SSSR count). The van der Waals surface area contributed by atoms with Crippen molar-refractivity contribution in [2.75, 3.05) is 31.3 Å². The second kappa shape index (κ2) is 10.6. The first kappa shape index (κ1) is 24.8. The molecule has 0 unspecified atom stereocenters. The number of halogens is 1. The highest BCUT2D eigenvalue weighted by atomic mass is 19.1. The number of carbonyl (C=O) groups excluding carboxylic acids is 2. The topological polar surface area (TPSA) is 117 Å². The van der Waals surface area contributed by atoms with Gasteiger partial charge < -0.3 is 15.5 Å². The summed E-state index contributed by atoms with van der Waals surface area (Å²) in [6.45, 7) is 0.510. The minimum absolute atomic E-state index is 0.0280. The average molecular weight is 507 g/mol. The van der Waals surface area contributed by atoms with Gasteiger partial charge in [0.1, 0.15) is 5.82 Å². The fourth-order valence-corrected chi connectivity index (χ4v) is 4.91. The van der Waals surface area contributed by atoms with Gasteiger partial charge in [0.05, 0.1) is 12.6 Å². The van der Waals surface area contributed by atoms with Crippen LogP contribution in [0.3, 0.4) is 0 Å². The summed E-state index contributed by atoms with van der Waals surface area (Å²) in [5, 5.41) is 13.5. The van der Waals surface area contributed by atoms with E-state index in [1.807, 2.05) is 6.07 Å². The van der Waals surface area contributed by atoms with E-state index >= 15 is 0 Å². The first-order valence-corrected chi connectivity index (χ1v) is 12.6. The quantitative estimate of drug-likeness (QED) is 0.315. The number of nitrogens with zero attached hydrogens (tertiary/aromatic N) is 5. The predicted molar refractivity (Wildman–Crippen MR) is 138 cm³/mol. The van der Waals surface area contributed by atoms with E-state index in [2.05, 4.69) is 40.0 Å². The molecule has 2 aliphatic rings. The number of amides is 2. The Balaban J connectivity index is 1.40. The fraction of sp³-hybridized carbons (Fsp3) is 0.423. The second-order valence-corrected chi connectivity index (χ2v) is 9.85. The number of anilines is 2. The van der Waals surface area contributed by atoms with Crippen LogP contribution in [0.5, 0.6) is 0 Å². The SMILES string of the molecule is CN(C)C1CCC(Nc2nc(NCCc3cccc(F)c3)n3ncc(/C=C4\CC(=O)NC4=O)c3n2)CC1. The lowest BCUT2D eigenvalue weighted by Crippen LogP contribution is -2.36. The number of hydrogen-bond acceptors (Lipinski definition) is 8. The number of nitrogens with one attached hydrogen (secondary N) is 3. The van der Waals surface area contributed by atoms with E-state index in [0.717, 1.165) is 31.2 Å². The van der Waals surface area contributed by atoms with Crippen LogP contribution in [-0.2, 0) is 16.0 Å². The molecular weight excluding hydrogens is 475 g/mol. The molecule has 1 saturated heterocycles. The van der Waals surface area contributed by atoms with Gasteiger partial charge in [-0.2, -0.15) is 19.6 Å². The normalized spacial score (nSPS) is 21.1. The Labute approximate surface area is 214 Å². The second-order valence-electron chi connectivity index (χ2n) is 9.85. The van der Waals surface area contributed by atoms with Crippen molar-refractivity contribution >= 4 is 35.4 Å². The Hall–Kier alpha value is -3.86. The molecule has 0 atom stereocenters. The third-order valence-electron chi connectivity index (χ3n) is 6.97. The van der Waals surface area contributed by atoms with Crippen molar-refractivity contribution in [3.8, 4) is 0 Å². The lowest BCUT2D eigenvalue weighted by Gasteiger charge is -2.33. The largest absolute Gasteiger partial charge is 0.354 e. The third kappa shape index (κ3) is 5.77. The number of aromatic nitrogens is 4. The molecule has 2 amide bonds. The van der Waals surface area contributed by atoms with Crippen molar-refractivity contribution in [3.63, 3.8) is 0 Å². The maximum atomic E-state index is 13.6. The van der Waals surface area contributed by atoms with E-state index in [0.29, 0.717) is 47.7 Å². The van der Waals surface area contributed by atoms with Gasteiger partial charge in [-0.05, 0) is 70.0 Å². The Bertz CT molecular complexity index is 1340. The zero-order chi connectivity index (χ0) is 25.9. The van der Waals surface area contributed by atoms with Crippen LogP contribution in [-0.4, -0.2) is 69.0 Å². The standard InChI is InChI=1S/C26H31FN8O2/c1-34(2)21-8-6-20(7-9-21)30-25-32-23-18(13-17-14-22(36)31-24(17)37)15-29-35(23)26(33-25)28-11-10-16-4-3-5-19(27)12-16/h3-5,12-13,15,20-21H,6-11,14H2,1-2H3,(H,31,36,37)(H2,28,30,32,33)/b17-13+. The molecule has 1 aromatic carbocycles. The number of carbonyl (C=O) groups is 2. The molecule has 1 aliphatic carbocycles. The van der Waals surface area contributed by atoms with Crippen LogP contribution < -0.4 is 16.0 Å². The minimum atomic E-state index is -0.400. The lowest BCUT2D eigenvalue weighted by molar-refractivity contribution is -0.124. The van der Waals surface area contributed by atoms with Gasteiger partial charge in [-0.1, -0.05) is 12.1 Å². The molecule has 0 radical (unpaired) electrons. The van der Waals surface area contributed by atoms with Crippen LogP contribution >= 0.6 is 0 Å². The Morgan fingerprint density at radius 1 is 1.19 bits per heavy atom. The molecule has 0 spiro atoms. The third-order valence-corrected chi connectivity index (χ3v) is 6.97. The smallest absolute Gasteiger partial charge is 0.254 e. The van der Waals surface area contributed by atoms with Crippen LogP contribution in [0.2, 0.25) is 0 Å². The van der Waals surface area contributed by atoms with E-state index in [1.54, 1.807) is 22.9 Å². The number of hydrogen-bond donors (Lipinski definition) is 3. The molecule has 3 heterocycles. The number of imide groups is 1. The number of fused-ring (bicyclic) bond motifs is 1. The van der Waals surface area contributed by atoms with Crippen molar-refractivity contribution in [3.05, 3.63) is 53.0 Å². The van der Waals surface area contributed by atoms with Crippen LogP contribution in [0.15, 0.2) is 36.0 Å². The summed E-state index contributed by atoms with van der Waals surface area (Å²) in [6, 6.07) is 7.34. The van der Waals surface area contributed by atoms with E-state index < -0.39 is 5.91 Å². The first-order valence-electron chi connectivity index (χ1n) is 12.6. The molecule has 2 aromatic heterocycles. The van der Waals surface area contributed by atoms with E-state index in [-0.39, 0.29) is 24.2 Å². The van der Waals surface area contributed by atoms with E-state index in [1.165, 1.54) is 12.1 Å². The van der Waals surface area contributed by atoms with Crippen LogP contribution in [0, 0.1) is 5.82 Å². The highest BCUT2D eigenvalue weighted by molar-refractivity contribution is 6.15. The summed E-state index contributed by atoms with van der Waals surface area (Å²) in [4.78, 5) is 35.4. The summed E-state index contributed by atoms with van der Waals surface area (Å²) in [5.74, 6) is -0.0270. The molecule has 2 fully saturated rings.